The van der Waals surface area contributed by atoms with Crippen molar-refractivity contribution in [2.24, 2.45) is 10.8 Å². The van der Waals surface area contributed by atoms with Gasteiger partial charge in [-0.25, -0.2) is 0 Å². The number of benzene rings is 1. The number of aromatic amines is 1. The Balaban J connectivity index is 1.72. The number of aliphatic hydroxyl groups excluding tert-OH is 2. The molecule has 1 heterocycles. The normalized spacial score (nSPS) is 32.5. The van der Waals surface area contributed by atoms with Gasteiger partial charge < -0.3 is 10.2 Å². The predicted octanol–water partition coefficient (Wildman–Crippen LogP) is 3.58. The van der Waals surface area contributed by atoms with Crippen LogP contribution in [-0.2, 0) is 0 Å². The summed E-state index contributed by atoms with van der Waals surface area (Å²) in [5, 5.41) is 29.5. The molecule has 1 unspecified atom stereocenters. The zero-order chi connectivity index (χ0) is 15.4. The standard InChI is InChI=1S/C17H21ClN2O2/c18-12-7-11-9-19-20-14(11)13(8-12)15(22)17-4-1-16(10-21,2-5-17)3-6-17/h7-9,15,21-22H,1-6,10H2,(H,19,20). The van der Waals surface area contributed by atoms with E-state index in [2.05, 4.69) is 10.2 Å². The van der Waals surface area contributed by atoms with Crippen LogP contribution in [0.2, 0.25) is 5.02 Å². The lowest BCUT2D eigenvalue weighted by Gasteiger charge is -2.54. The fraction of sp³-hybridized carbons (Fsp3) is 0.588. The van der Waals surface area contributed by atoms with Crippen LogP contribution in [0.15, 0.2) is 18.3 Å². The lowest BCUT2D eigenvalue weighted by Crippen LogP contribution is -2.46. The Morgan fingerprint density at radius 3 is 2.50 bits per heavy atom. The van der Waals surface area contributed by atoms with Gasteiger partial charge in [-0.15, -0.1) is 0 Å². The fourth-order valence-electron chi connectivity index (χ4n) is 4.53. The second-order valence-corrected chi connectivity index (χ2v) is 7.69. The van der Waals surface area contributed by atoms with E-state index in [4.69, 9.17) is 11.6 Å². The van der Waals surface area contributed by atoms with E-state index in [9.17, 15) is 10.2 Å². The summed E-state index contributed by atoms with van der Waals surface area (Å²) in [6.45, 7) is 0.279. The molecule has 3 aliphatic rings. The summed E-state index contributed by atoms with van der Waals surface area (Å²) in [6.07, 6.45) is 7.14. The minimum absolute atomic E-state index is 0.0837. The summed E-state index contributed by atoms with van der Waals surface area (Å²) < 4.78 is 0. The van der Waals surface area contributed by atoms with E-state index in [0.717, 1.165) is 55.0 Å². The Bertz CT molecular complexity index is 687. The van der Waals surface area contributed by atoms with Crippen LogP contribution in [0.4, 0.5) is 0 Å². The van der Waals surface area contributed by atoms with E-state index in [1.54, 1.807) is 6.20 Å². The number of hydrogen-bond donors (Lipinski definition) is 3. The van der Waals surface area contributed by atoms with E-state index in [-0.39, 0.29) is 17.4 Å². The van der Waals surface area contributed by atoms with Crippen molar-refractivity contribution < 1.29 is 10.2 Å². The van der Waals surface area contributed by atoms with Gasteiger partial charge in [0.25, 0.3) is 0 Å². The number of halogens is 1. The van der Waals surface area contributed by atoms with Gasteiger partial charge >= 0.3 is 0 Å². The Hall–Kier alpha value is -1.10. The molecule has 3 fully saturated rings. The zero-order valence-electron chi connectivity index (χ0n) is 12.5. The van der Waals surface area contributed by atoms with E-state index < -0.39 is 6.10 Å². The summed E-state index contributed by atoms with van der Waals surface area (Å²) in [4.78, 5) is 0. The highest BCUT2D eigenvalue weighted by Gasteiger charge is 2.52. The van der Waals surface area contributed by atoms with Gasteiger partial charge in [0.05, 0.1) is 17.8 Å². The summed E-state index contributed by atoms with van der Waals surface area (Å²) in [5.74, 6) is 0. The zero-order valence-corrected chi connectivity index (χ0v) is 13.2. The summed E-state index contributed by atoms with van der Waals surface area (Å²) in [6, 6.07) is 3.73. The third kappa shape index (κ3) is 2.01. The molecule has 3 aliphatic carbocycles. The monoisotopic (exact) mass is 320 g/mol. The molecule has 22 heavy (non-hydrogen) atoms. The second-order valence-electron chi connectivity index (χ2n) is 7.25. The molecule has 1 atom stereocenters. The summed E-state index contributed by atoms with van der Waals surface area (Å²) >= 11 is 6.22. The van der Waals surface area contributed by atoms with E-state index in [1.807, 2.05) is 12.1 Å². The summed E-state index contributed by atoms with van der Waals surface area (Å²) in [5.41, 5.74) is 1.77. The van der Waals surface area contributed by atoms with Crippen LogP contribution < -0.4 is 0 Å². The van der Waals surface area contributed by atoms with Gasteiger partial charge in [-0.2, -0.15) is 5.10 Å². The van der Waals surface area contributed by atoms with Crippen LogP contribution in [0.5, 0.6) is 0 Å². The summed E-state index contributed by atoms with van der Waals surface area (Å²) in [7, 11) is 0. The molecule has 1 aromatic carbocycles. The largest absolute Gasteiger partial charge is 0.396 e. The Kier molecular flexibility index (Phi) is 3.26. The predicted molar refractivity (Wildman–Crippen MR) is 85.7 cm³/mol. The first-order valence-electron chi connectivity index (χ1n) is 7.99. The van der Waals surface area contributed by atoms with Crippen molar-refractivity contribution in [1.29, 1.82) is 0 Å². The maximum Gasteiger partial charge on any atom is 0.0867 e. The van der Waals surface area contributed by atoms with Gasteiger partial charge in [-0.1, -0.05) is 11.6 Å². The molecular weight excluding hydrogens is 300 g/mol. The topological polar surface area (TPSA) is 69.1 Å². The molecular formula is C17H21ClN2O2. The first-order chi connectivity index (χ1) is 10.6. The molecule has 2 aromatic rings. The van der Waals surface area contributed by atoms with E-state index >= 15 is 0 Å². The first kappa shape index (κ1) is 14.5. The molecule has 5 rings (SSSR count). The highest BCUT2D eigenvalue weighted by molar-refractivity contribution is 6.31. The molecule has 0 radical (unpaired) electrons. The number of hydrogen-bond acceptors (Lipinski definition) is 3. The van der Waals surface area contributed by atoms with Crippen molar-refractivity contribution in [3.05, 3.63) is 28.9 Å². The lowest BCUT2D eigenvalue weighted by molar-refractivity contribution is -0.105. The van der Waals surface area contributed by atoms with Gasteiger partial charge in [0.15, 0.2) is 0 Å². The minimum Gasteiger partial charge on any atom is -0.396 e. The SMILES string of the molecule is OCC12CCC(C(O)c3cc(Cl)cc4cn[nH]c34)(CC1)CC2. The van der Waals surface area contributed by atoms with Crippen LogP contribution in [0.3, 0.4) is 0 Å². The number of aromatic nitrogens is 2. The van der Waals surface area contributed by atoms with Crippen LogP contribution >= 0.6 is 11.6 Å². The molecule has 0 amide bonds. The first-order valence-corrected chi connectivity index (χ1v) is 8.37. The smallest absolute Gasteiger partial charge is 0.0867 e. The highest BCUT2D eigenvalue weighted by atomic mass is 35.5. The molecule has 118 valence electrons. The lowest BCUT2D eigenvalue weighted by atomic mass is 9.51. The van der Waals surface area contributed by atoms with Crippen LogP contribution in [0.1, 0.15) is 50.2 Å². The van der Waals surface area contributed by atoms with Gasteiger partial charge in [-0.05, 0) is 56.1 Å². The van der Waals surface area contributed by atoms with Crippen LogP contribution in [0, 0.1) is 10.8 Å². The quantitative estimate of drug-likeness (QED) is 0.809. The van der Waals surface area contributed by atoms with Gasteiger partial charge in [0, 0.05) is 28.0 Å². The fourth-order valence-corrected chi connectivity index (χ4v) is 4.77. The van der Waals surface area contributed by atoms with Crippen LogP contribution in [-0.4, -0.2) is 27.0 Å². The molecule has 0 saturated heterocycles. The molecule has 3 N–H and O–H groups in total. The number of nitrogens with zero attached hydrogens (tertiary/aromatic N) is 1. The van der Waals surface area contributed by atoms with E-state index in [1.165, 1.54) is 0 Å². The minimum atomic E-state index is -0.536. The number of aliphatic hydroxyl groups is 2. The van der Waals surface area contributed by atoms with Crippen molar-refractivity contribution >= 4 is 22.5 Å². The average Bonchev–Trinajstić information content (AvgIpc) is 3.03. The Morgan fingerprint density at radius 1 is 1.18 bits per heavy atom. The van der Waals surface area contributed by atoms with Crippen molar-refractivity contribution in [1.82, 2.24) is 10.2 Å². The third-order valence-electron chi connectivity index (χ3n) is 6.21. The van der Waals surface area contributed by atoms with Crippen molar-refractivity contribution in [2.75, 3.05) is 6.61 Å². The molecule has 5 heteroatoms. The third-order valence-corrected chi connectivity index (χ3v) is 6.43. The van der Waals surface area contributed by atoms with Gasteiger partial charge in [-0.3, -0.25) is 5.10 Å². The number of nitrogens with one attached hydrogen (secondary N) is 1. The maximum atomic E-state index is 11.1. The van der Waals surface area contributed by atoms with Crippen molar-refractivity contribution in [2.45, 2.75) is 44.6 Å². The number of H-pyrrole nitrogens is 1. The number of fused-ring (bicyclic) bond motifs is 4. The van der Waals surface area contributed by atoms with Gasteiger partial charge in [0.1, 0.15) is 0 Å². The van der Waals surface area contributed by atoms with E-state index in [0.29, 0.717) is 5.02 Å². The molecule has 3 saturated carbocycles. The van der Waals surface area contributed by atoms with Crippen LogP contribution in [0.25, 0.3) is 10.9 Å². The number of rotatable bonds is 3. The average molecular weight is 321 g/mol. The molecule has 0 spiro atoms. The highest BCUT2D eigenvalue weighted by Crippen LogP contribution is 2.61. The Labute approximate surface area is 134 Å². The van der Waals surface area contributed by atoms with Crippen molar-refractivity contribution in [3.8, 4) is 0 Å². The second kappa shape index (κ2) is 4.95. The van der Waals surface area contributed by atoms with Crippen molar-refractivity contribution in [3.63, 3.8) is 0 Å². The Morgan fingerprint density at radius 2 is 1.86 bits per heavy atom. The van der Waals surface area contributed by atoms with Gasteiger partial charge in [0.2, 0.25) is 0 Å². The molecule has 0 aliphatic heterocycles. The molecule has 1 aromatic heterocycles. The maximum absolute atomic E-state index is 11.1. The molecule has 4 nitrogen and oxygen atoms in total. The molecule has 2 bridgehead atoms.